The second-order valence-electron chi connectivity index (χ2n) is 9.58. The number of carboxylic acids is 1. The minimum absolute atomic E-state index is 0.00860. The summed E-state index contributed by atoms with van der Waals surface area (Å²) < 4.78 is 0. The smallest absolute Gasteiger partial charge is 0.340 e. The first kappa shape index (κ1) is 28.1. The number of phenols is 2. The van der Waals surface area contributed by atoms with Crippen LogP contribution in [0.5, 0.6) is 11.5 Å². The van der Waals surface area contributed by atoms with Crippen LogP contribution in [0.1, 0.15) is 104 Å². The van der Waals surface area contributed by atoms with Gasteiger partial charge in [0.25, 0.3) is 5.91 Å². The normalized spacial score (nSPS) is 13.5. The predicted octanol–water partition coefficient (Wildman–Crippen LogP) is 5.77. The molecule has 0 saturated heterocycles. The second kappa shape index (κ2) is 13.7. The van der Waals surface area contributed by atoms with Crippen molar-refractivity contribution < 1.29 is 29.7 Å². The topological polar surface area (TPSA) is 115 Å². The number of amides is 1. The lowest BCUT2D eigenvalue weighted by Crippen LogP contribution is -2.26. The van der Waals surface area contributed by atoms with Gasteiger partial charge in [-0.3, -0.25) is 9.59 Å². The minimum Gasteiger partial charge on any atom is -0.507 e. The number of carbonyl (C=O) groups excluding carboxylic acids is 2. The molecule has 1 aromatic carbocycles. The molecule has 0 aliphatic carbocycles. The van der Waals surface area contributed by atoms with E-state index in [1.807, 2.05) is 26.0 Å². The van der Waals surface area contributed by atoms with Crippen molar-refractivity contribution in [3.63, 3.8) is 0 Å². The van der Waals surface area contributed by atoms with Crippen LogP contribution in [0.3, 0.4) is 0 Å². The van der Waals surface area contributed by atoms with Gasteiger partial charge in [-0.25, -0.2) is 4.79 Å². The number of ketones is 1. The maximum atomic E-state index is 12.8. The standard InChI is InChI=1S/C28H39NO6/c1-4-5-6-7-8-9-10-11-12-13-20(30)14-15-21-25(31)22-18-29(17-16-19(2)3)27(33)23(22)24(26(21)32)28(34)35/h10-13,19,31-32H,4-9,14-18H2,1-3H3,(H,34,35). The fourth-order valence-electron chi connectivity index (χ4n) is 4.22. The van der Waals surface area contributed by atoms with E-state index in [2.05, 4.69) is 6.92 Å². The van der Waals surface area contributed by atoms with Crippen molar-refractivity contribution >= 4 is 17.7 Å². The zero-order valence-electron chi connectivity index (χ0n) is 21.2. The summed E-state index contributed by atoms with van der Waals surface area (Å²) in [5.41, 5.74) is -0.474. The van der Waals surface area contributed by atoms with E-state index in [4.69, 9.17) is 0 Å². The molecule has 0 bridgehead atoms. The molecule has 7 heteroatoms. The highest BCUT2D eigenvalue weighted by molar-refractivity contribution is 6.10. The number of nitrogens with zero attached hydrogens (tertiary/aromatic N) is 1. The molecule has 1 aliphatic rings. The van der Waals surface area contributed by atoms with E-state index in [-0.39, 0.29) is 47.6 Å². The van der Waals surface area contributed by atoms with Crippen LogP contribution < -0.4 is 0 Å². The van der Waals surface area contributed by atoms with Crippen LogP contribution in [0.2, 0.25) is 0 Å². The Morgan fingerprint density at radius 2 is 1.77 bits per heavy atom. The first-order valence-corrected chi connectivity index (χ1v) is 12.7. The van der Waals surface area contributed by atoms with Crippen LogP contribution in [0.15, 0.2) is 24.3 Å². The fourth-order valence-corrected chi connectivity index (χ4v) is 4.22. The summed E-state index contributed by atoms with van der Waals surface area (Å²) in [4.78, 5) is 38.5. The van der Waals surface area contributed by atoms with Gasteiger partial charge in [-0.2, -0.15) is 0 Å². The number of aromatic carboxylic acids is 1. The van der Waals surface area contributed by atoms with Crippen LogP contribution in [0.4, 0.5) is 0 Å². The average Bonchev–Trinajstić information content (AvgIpc) is 3.12. The molecule has 7 nitrogen and oxygen atoms in total. The number of carbonyl (C=O) groups is 3. The number of carboxylic acid groups (broad SMARTS) is 1. The third kappa shape index (κ3) is 7.70. The van der Waals surface area contributed by atoms with E-state index < -0.39 is 23.2 Å². The van der Waals surface area contributed by atoms with Gasteiger partial charge in [-0.15, -0.1) is 0 Å². The molecule has 0 radical (unpaired) electrons. The lowest BCUT2D eigenvalue weighted by atomic mass is 9.93. The highest BCUT2D eigenvalue weighted by Crippen LogP contribution is 2.43. The van der Waals surface area contributed by atoms with Crippen LogP contribution in [-0.2, 0) is 17.8 Å². The summed E-state index contributed by atoms with van der Waals surface area (Å²) in [6, 6.07) is 0. The maximum absolute atomic E-state index is 12.8. The van der Waals surface area contributed by atoms with Gasteiger partial charge in [-0.05, 0) is 37.7 Å². The number of hydrogen-bond donors (Lipinski definition) is 3. The molecule has 0 spiro atoms. The summed E-state index contributed by atoms with van der Waals surface area (Å²) in [6.45, 7) is 6.73. The highest BCUT2D eigenvalue weighted by Gasteiger charge is 2.38. The van der Waals surface area contributed by atoms with Crippen molar-refractivity contribution in [3.8, 4) is 11.5 Å². The van der Waals surface area contributed by atoms with Crippen molar-refractivity contribution in [2.24, 2.45) is 5.92 Å². The zero-order chi connectivity index (χ0) is 26.0. The van der Waals surface area contributed by atoms with E-state index in [0.29, 0.717) is 12.5 Å². The van der Waals surface area contributed by atoms with Gasteiger partial charge in [0.05, 0.1) is 12.1 Å². The van der Waals surface area contributed by atoms with E-state index >= 15 is 0 Å². The molecule has 0 aromatic heterocycles. The Morgan fingerprint density at radius 1 is 1.06 bits per heavy atom. The lowest BCUT2D eigenvalue weighted by molar-refractivity contribution is -0.114. The van der Waals surface area contributed by atoms with Crippen molar-refractivity contribution in [2.75, 3.05) is 6.54 Å². The molecule has 0 fully saturated rings. The third-order valence-corrected chi connectivity index (χ3v) is 6.31. The molecule has 3 N–H and O–H groups in total. The lowest BCUT2D eigenvalue weighted by Gasteiger charge is -2.16. The Bertz CT molecular complexity index is 976. The van der Waals surface area contributed by atoms with Crippen LogP contribution >= 0.6 is 0 Å². The van der Waals surface area contributed by atoms with E-state index in [1.165, 1.54) is 36.7 Å². The number of allylic oxidation sites excluding steroid dienone is 4. The second-order valence-corrected chi connectivity index (χ2v) is 9.58. The SMILES string of the molecule is CCCCCCCC=CC=CC(=O)CCc1c(O)c2c(c(C(=O)O)c1O)C(=O)N(CCC(C)C)C2. The Balaban J connectivity index is 2.07. The molecule has 2 rings (SSSR count). The number of hydrogen-bond acceptors (Lipinski definition) is 5. The Morgan fingerprint density at radius 3 is 2.43 bits per heavy atom. The van der Waals surface area contributed by atoms with Crippen LogP contribution in [0.25, 0.3) is 0 Å². The van der Waals surface area contributed by atoms with Crippen molar-refractivity contribution in [3.05, 3.63) is 46.6 Å². The van der Waals surface area contributed by atoms with Gasteiger partial charge in [0, 0.05) is 24.1 Å². The monoisotopic (exact) mass is 485 g/mol. The molecule has 1 aromatic rings. The number of rotatable bonds is 15. The molecule has 1 amide bonds. The number of phenolic OH excluding ortho intramolecular Hbond substituents is 1. The van der Waals surface area contributed by atoms with Crippen molar-refractivity contribution in [1.82, 2.24) is 4.90 Å². The van der Waals surface area contributed by atoms with Crippen molar-refractivity contribution in [2.45, 2.75) is 85.1 Å². The van der Waals surface area contributed by atoms with E-state index in [1.54, 1.807) is 6.08 Å². The third-order valence-electron chi connectivity index (χ3n) is 6.31. The number of aromatic hydroxyl groups is 2. The first-order chi connectivity index (χ1) is 16.7. The summed E-state index contributed by atoms with van der Waals surface area (Å²) in [5.74, 6) is -2.75. The van der Waals surface area contributed by atoms with Crippen LogP contribution in [-0.4, -0.2) is 44.4 Å². The Labute approximate surface area is 208 Å². The van der Waals surface area contributed by atoms with Gasteiger partial charge in [0.2, 0.25) is 0 Å². The Kier molecular flexibility index (Phi) is 11.0. The quantitative estimate of drug-likeness (QED) is 0.165. The van der Waals surface area contributed by atoms with Gasteiger partial charge in [0.15, 0.2) is 5.78 Å². The molecule has 0 saturated carbocycles. The molecular weight excluding hydrogens is 446 g/mol. The van der Waals surface area contributed by atoms with Gasteiger partial charge in [0.1, 0.15) is 17.1 Å². The zero-order valence-corrected chi connectivity index (χ0v) is 21.2. The highest BCUT2D eigenvalue weighted by atomic mass is 16.4. The average molecular weight is 486 g/mol. The van der Waals surface area contributed by atoms with Gasteiger partial charge in [-0.1, -0.05) is 64.7 Å². The Hall–Kier alpha value is -3.09. The predicted molar refractivity (Wildman–Crippen MR) is 136 cm³/mol. The molecule has 192 valence electrons. The van der Waals surface area contributed by atoms with E-state index in [9.17, 15) is 29.7 Å². The largest absolute Gasteiger partial charge is 0.507 e. The molecular formula is C28H39NO6. The van der Waals surface area contributed by atoms with Crippen LogP contribution in [0, 0.1) is 5.92 Å². The maximum Gasteiger partial charge on any atom is 0.340 e. The number of benzene rings is 1. The van der Waals surface area contributed by atoms with Gasteiger partial charge >= 0.3 is 5.97 Å². The molecule has 35 heavy (non-hydrogen) atoms. The summed E-state index contributed by atoms with van der Waals surface area (Å²) in [6.07, 6.45) is 14.7. The number of unbranched alkanes of at least 4 members (excludes halogenated alkanes) is 5. The van der Waals surface area contributed by atoms with E-state index in [0.717, 1.165) is 19.3 Å². The van der Waals surface area contributed by atoms with Crippen molar-refractivity contribution in [1.29, 1.82) is 0 Å². The minimum atomic E-state index is -1.44. The number of fused-ring (bicyclic) bond motifs is 1. The molecule has 1 aliphatic heterocycles. The first-order valence-electron chi connectivity index (χ1n) is 12.7. The van der Waals surface area contributed by atoms with Gasteiger partial charge < -0.3 is 20.2 Å². The summed E-state index contributed by atoms with van der Waals surface area (Å²) in [5, 5.41) is 31.1. The fraction of sp³-hybridized carbons (Fsp3) is 0.536. The molecule has 0 unspecified atom stereocenters. The molecule has 1 heterocycles. The summed E-state index contributed by atoms with van der Waals surface area (Å²) in [7, 11) is 0. The summed E-state index contributed by atoms with van der Waals surface area (Å²) >= 11 is 0. The molecule has 0 atom stereocenters.